The van der Waals surface area contributed by atoms with E-state index < -0.39 is 68.1 Å². The standard InChI is InChI=1S/C26H35NO10/c1-2-19(29)22(31)18(14-35-26-25(34)24(33)23(32)20(13-28)37-26)27-21(30)12-15-8-10-17(11-9-15)36-16-6-4-3-5-7-16/h3-11,18-20,22-26,28-29,31-34H,2,12-14H2,1H3,(H,27,30)/t18-,19+,20?,22-,23+,24-,25?,26-/m0/s1. The molecule has 37 heavy (non-hydrogen) atoms. The molecule has 204 valence electrons. The molecule has 1 fully saturated rings. The molecule has 1 saturated heterocycles. The molecule has 1 aliphatic heterocycles. The van der Waals surface area contributed by atoms with E-state index in [9.17, 15) is 35.4 Å². The van der Waals surface area contributed by atoms with E-state index in [1.807, 2.05) is 30.3 Å². The van der Waals surface area contributed by atoms with E-state index in [0.717, 1.165) is 0 Å². The summed E-state index contributed by atoms with van der Waals surface area (Å²) in [7, 11) is 0. The maximum absolute atomic E-state index is 12.7. The minimum Gasteiger partial charge on any atom is -0.457 e. The van der Waals surface area contributed by atoms with Gasteiger partial charge in [-0.3, -0.25) is 4.79 Å². The molecule has 8 atom stereocenters. The van der Waals surface area contributed by atoms with E-state index in [1.54, 1.807) is 31.2 Å². The Morgan fingerprint density at radius 2 is 1.62 bits per heavy atom. The number of hydrogen-bond acceptors (Lipinski definition) is 10. The lowest BCUT2D eigenvalue weighted by Gasteiger charge is -2.40. The number of para-hydroxylation sites is 1. The van der Waals surface area contributed by atoms with Gasteiger partial charge in [-0.05, 0) is 36.2 Å². The second kappa shape index (κ2) is 13.8. The topological polar surface area (TPSA) is 178 Å². The zero-order valence-electron chi connectivity index (χ0n) is 20.5. The van der Waals surface area contributed by atoms with Crippen molar-refractivity contribution in [1.29, 1.82) is 0 Å². The second-order valence-corrected chi connectivity index (χ2v) is 8.91. The Kier molecular flexibility index (Phi) is 10.8. The van der Waals surface area contributed by atoms with Gasteiger partial charge in [-0.1, -0.05) is 37.3 Å². The van der Waals surface area contributed by atoms with Crippen molar-refractivity contribution in [2.75, 3.05) is 13.2 Å². The Balaban J connectivity index is 1.60. The fourth-order valence-electron chi connectivity index (χ4n) is 3.88. The third kappa shape index (κ3) is 7.94. The van der Waals surface area contributed by atoms with Crippen molar-refractivity contribution in [3.8, 4) is 11.5 Å². The van der Waals surface area contributed by atoms with Crippen molar-refractivity contribution in [3.05, 3.63) is 60.2 Å². The highest BCUT2D eigenvalue weighted by Crippen LogP contribution is 2.23. The molecule has 2 aromatic rings. The number of nitrogens with one attached hydrogen (secondary N) is 1. The third-order valence-corrected chi connectivity index (χ3v) is 6.13. The van der Waals surface area contributed by atoms with Crippen LogP contribution in [-0.2, 0) is 20.7 Å². The van der Waals surface area contributed by atoms with E-state index in [2.05, 4.69) is 5.32 Å². The molecule has 2 unspecified atom stereocenters. The number of aliphatic hydroxyl groups excluding tert-OH is 6. The number of amides is 1. The van der Waals surface area contributed by atoms with Crippen LogP contribution in [0.5, 0.6) is 11.5 Å². The van der Waals surface area contributed by atoms with Crippen molar-refractivity contribution in [2.45, 2.75) is 68.7 Å². The molecule has 11 nitrogen and oxygen atoms in total. The van der Waals surface area contributed by atoms with Crippen molar-refractivity contribution in [1.82, 2.24) is 5.32 Å². The Labute approximate surface area is 214 Å². The summed E-state index contributed by atoms with van der Waals surface area (Å²) in [6.07, 6.45) is -9.84. The number of carbonyl (C=O) groups is 1. The van der Waals surface area contributed by atoms with Gasteiger partial charge in [0.25, 0.3) is 0 Å². The smallest absolute Gasteiger partial charge is 0.224 e. The Morgan fingerprint density at radius 3 is 2.24 bits per heavy atom. The summed E-state index contributed by atoms with van der Waals surface area (Å²) in [5, 5.41) is 62.7. The van der Waals surface area contributed by atoms with Gasteiger partial charge in [0.1, 0.15) is 42.0 Å². The van der Waals surface area contributed by atoms with Crippen LogP contribution in [0.1, 0.15) is 18.9 Å². The van der Waals surface area contributed by atoms with Gasteiger partial charge in [-0.15, -0.1) is 0 Å². The van der Waals surface area contributed by atoms with Crippen LogP contribution in [0, 0.1) is 0 Å². The molecule has 7 N–H and O–H groups in total. The average molecular weight is 522 g/mol. The molecule has 0 radical (unpaired) electrons. The molecule has 2 aromatic carbocycles. The first-order valence-electron chi connectivity index (χ1n) is 12.1. The quantitative estimate of drug-likeness (QED) is 0.192. The van der Waals surface area contributed by atoms with Gasteiger partial charge >= 0.3 is 0 Å². The van der Waals surface area contributed by atoms with Gasteiger partial charge in [-0.2, -0.15) is 0 Å². The predicted molar refractivity (Wildman–Crippen MR) is 131 cm³/mol. The van der Waals surface area contributed by atoms with Gasteiger partial charge in [0.2, 0.25) is 5.91 Å². The molecule has 1 heterocycles. The van der Waals surface area contributed by atoms with Crippen LogP contribution in [0.3, 0.4) is 0 Å². The van der Waals surface area contributed by atoms with Crippen LogP contribution in [0.15, 0.2) is 54.6 Å². The minimum atomic E-state index is -1.64. The third-order valence-electron chi connectivity index (χ3n) is 6.13. The maximum Gasteiger partial charge on any atom is 0.224 e. The highest BCUT2D eigenvalue weighted by Gasteiger charge is 2.44. The summed E-state index contributed by atoms with van der Waals surface area (Å²) >= 11 is 0. The zero-order valence-corrected chi connectivity index (χ0v) is 20.5. The number of benzene rings is 2. The monoisotopic (exact) mass is 521 g/mol. The number of rotatable bonds is 12. The lowest BCUT2D eigenvalue weighted by atomic mass is 9.99. The minimum absolute atomic E-state index is 0.0307. The fourth-order valence-corrected chi connectivity index (χ4v) is 3.88. The van der Waals surface area contributed by atoms with Crippen LogP contribution in [0.4, 0.5) is 0 Å². The number of ether oxygens (including phenoxy) is 3. The SMILES string of the molecule is CC[C@@H](O)[C@@H](O)[C@H](CO[C@H]1OC(CO)[C@@H](O)[C@H](O)C1O)NC(=O)Cc1ccc(Oc2ccccc2)cc1. The Hall–Kier alpha value is -2.61. The molecular weight excluding hydrogens is 486 g/mol. The molecule has 1 aliphatic rings. The van der Waals surface area contributed by atoms with Crippen LogP contribution in [0.2, 0.25) is 0 Å². The number of carbonyl (C=O) groups excluding carboxylic acids is 1. The molecule has 3 rings (SSSR count). The first-order valence-corrected chi connectivity index (χ1v) is 12.1. The average Bonchev–Trinajstić information content (AvgIpc) is 2.91. The van der Waals surface area contributed by atoms with E-state index in [0.29, 0.717) is 17.1 Å². The fraction of sp³-hybridized carbons (Fsp3) is 0.500. The van der Waals surface area contributed by atoms with E-state index in [4.69, 9.17) is 14.2 Å². The summed E-state index contributed by atoms with van der Waals surface area (Å²) in [5.74, 6) is 0.822. The van der Waals surface area contributed by atoms with E-state index in [-0.39, 0.29) is 12.8 Å². The molecular formula is C26H35NO10. The first kappa shape index (κ1) is 29.0. The highest BCUT2D eigenvalue weighted by molar-refractivity contribution is 5.79. The largest absolute Gasteiger partial charge is 0.457 e. The normalized spacial score (nSPS) is 26.2. The Morgan fingerprint density at radius 1 is 0.973 bits per heavy atom. The summed E-state index contributed by atoms with van der Waals surface area (Å²) < 4.78 is 16.5. The van der Waals surface area contributed by atoms with Gasteiger partial charge in [-0.25, -0.2) is 0 Å². The van der Waals surface area contributed by atoms with Gasteiger partial charge in [0, 0.05) is 0 Å². The lowest BCUT2D eigenvalue weighted by molar-refractivity contribution is -0.303. The molecule has 0 spiro atoms. The summed E-state index contributed by atoms with van der Waals surface area (Å²) in [5.41, 5.74) is 0.678. The van der Waals surface area contributed by atoms with Crippen molar-refractivity contribution < 1.29 is 49.6 Å². The highest BCUT2D eigenvalue weighted by atomic mass is 16.7. The van der Waals surface area contributed by atoms with E-state index in [1.165, 1.54) is 0 Å². The molecule has 0 aliphatic carbocycles. The molecule has 0 bridgehead atoms. The van der Waals surface area contributed by atoms with Crippen molar-refractivity contribution in [3.63, 3.8) is 0 Å². The summed E-state index contributed by atoms with van der Waals surface area (Å²) in [6, 6.07) is 15.1. The number of aliphatic hydroxyl groups is 6. The molecule has 11 heteroatoms. The van der Waals surface area contributed by atoms with Gasteiger partial charge in [0.15, 0.2) is 6.29 Å². The predicted octanol–water partition coefficient (Wildman–Crippen LogP) is -0.545. The molecule has 0 aromatic heterocycles. The van der Waals surface area contributed by atoms with Crippen LogP contribution < -0.4 is 10.1 Å². The maximum atomic E-state index is 12.7. The Bertz CT molecular complexity index is 958. The second-order valence-electron chi connectivity index (χ2n) is 8.91. The van der Waals surface area contributed by atoms with Crippen molar-refractivity contribution >= 4 is 5.91 Å². The van der Waals surface area contributed by atoms with E-state index >= 15 is 0 Å². The van der Waals surface area contributed by atoms with Crippen molar-refractivity contribution in [2.24, 2.45) is 0 Å². The van der Waals surface area contributed by atoms with Crippen LogP contribution in [0.25, 0.3) is 0 Å². The van der Waals surface area contributed by atoms with Gasteiger partial charge in [0.05, 0.1) is 31.8 Å². The first-order chi connectivity index (χ1) is 17.7. The summed E-state index contributed by atoms with van der Waals surface area (Å²) in [6.45, 7) is 0.637. The van der Waals surface area contributed by atoms with Crippen LogP contribution >= 0.6 is 0 Å². The molecule has 0 saturated carbocycles. The summed E-state index contributed by atoms with van der Waals surface area (Å²) in [4.78, 5) is 12.7. The van der Waals surface area contributed by atoms with Crippen LogP contribution in [-0.4, -0.2) is 98.7 Å². The molecule has 1 amide bonds. The number of hydrogen-bond donors (Lipinski definition) is 7. The lowest BCUT2D eigenvalue weighted by Crippen LogP contribution is -2.60. The zero-order chi connectivity index (χ0) is 26.9. The van der Waals surface area contributed by atoms with Gasteiger partial charge < -0.3 is 50.2 Å².